The molecule has 0 aromatic heterocycles. The predicted molar refractivity (Wildman–Crippen MR) is 93.5 cm³/mol. The second-order valence-electron chi connectivity index (χ2n) is 4.95. The average Bonchev–Trinajstić information content (AvgIpc) is 2.51. The van der Waals surface area contributed by atoms with Gasteiger partial charge < -0.3 is 15.4 Å². The fourth-order valence-electron chi connectivity index (χ4n) is 1.92. The number of esters is 1. The van der Waals surface area contributed by atoms with Gasteiger partial charge in [0.05, 0.1) is 12.7 Å². The molecule has 0 aliphatic rings. The smallest absolute Gasteiger partial charge is 0.337 e. The molecule has 4 nitrogen and oxygen atoms in total. The molecule has 0 fully saturated rings. The Morgan fingerprint density at radius 2 is 1.55 bits per heavy atom. The van der Waals surface area contributed by atoms with Gasteiger partial charge >= 0.3 is 5.97 Å². The Balaban J connectivity index is 1.99. The monoisotopic (exact) mass is 314 g/mol. The first kappa shape index (κ1) is 16.0. The summed E-state index contributed by atoms with van der Waals surface area (Å²) in [6.45, 7) is 4.13. The number of benzene rings is 2. The second-order valence-corrected chi connectivity index (χ2v) is 5.36. The van der Waals surface area contributed by atoms with E-state index in [-0.39, 0.29) is 5.97 Å². The molecule has 2 aromatic rings. The highest BCUT2D eigenvalue weighted by atomic mass is 32.1. The van der Waals surface area contributed by atoms with Gasteiger partial charge in [-0.3, -0.25) is 0 Å². The summed E-state index contributed by atoms with van der Waals surface area (Å²) in [5.41, 5.74) is 4.68. The molecule has 5 heteroatoms. The number of carbonyl (C=O) groups is 1. The van der Waals surface area contributed by atoms with E-state index in [0.29, 0.717) is 10.7 Å². The molecule has 2 rings (SSSR count). The molecule has 2 N–H and O–H groups in total. The van der Waals surface area contributed by atoms with Crippen LogP contribution in [-0.4, -0.2) is 18.2 Å². The van der Waals surface area contributed by atoms with Gasteiger partial charge in [0, 0.05) is 11.4 Å². The summed E-state index contributed by atoms with van der Waals surface area (Å²) in [5, 5.41) is 6.71. The van der Waals surface area contributed by atoms with Crippen LogP contribution in [0.4, 0.5) is 11.4 Å². The molecule has 0 saturated carbocycles. The zero-order valence-electron chi connectivity index (χ0n) is 12.8. The Hall–Kier alpha value is -2.40. The van der Waals surface area contributed by atoms with Crippen LogP contribution in [0.1, 0.15) is 21.5 Å². The van der Waals surface area contributed by atoms with Crippen molar-refractivity contribution in [3.05, 3.63) is 59.2 Å². The third-order valence-electron chi connectivity index (χ3n) is 3.33. The number of anilines is 2. The lowest BCUT2D eigenvalue weighted by molar-refractivity contribution is 0.0601. The Bertz CT molecular complexity index is 696. The van der Waals surface area contributed by atoms with Crippen molar-refractivity contribution < 1.29 is 9.53 Å². The Morgan fingerprint density at radius 3 is 2.14 bits per heavy atom. The fraction of sp³-hybridized carbons (Fsp3) is 0.176. The minimum Gasteiger partial charge on any atom is -0.465 e. The van der Waals surface area contributed by atoms with Crippen LogP contribution in [0.15, 0.2) is 42.5 Å². The third-order valence-corrected chi connectivity index (χ3v) is 3.53. The first-order valence-electron chi connectivity index (χ1n) is 6.83. The maximum absolute atomic E-state index is 11.4. The summed E-state index contributed by atoms with van der Waals surface area (Å²) in [6.07, 6.45) is 0. The number of nitrogens with one attached hydrogen (secondary N) is 2. The van der Waals surface area contributed by atoms with E-state index in [1.807, 2.05) is 18.2 Å². The molecule has 0 saturated heterocycles. The molecule has 0 bridgehead atoms. The Labute approximate surface area is 135 Å². The number of hydrogen-bond donors (Lipinski definition) is 2. The van der Waals surface area contributed by atoms with Crippen molar-refractivity contribution in [1.82, 2.24) is 0 Å². The van der Waals surface area contributed by atoms with Crippen molar-refractivity contribution in [1.29, 1.82) is 0 Å². The normalized spacial score (nSPS) is 9.95. The van der Waals surface area contributed by atoms with Crippen LogP contribution < -0.4 is 10.6 Å². The topological polar surface area (TPSA) is 50.4 Å². The lowest BCUT2D eigenvalue weighted by Gasteiger charge is -2.12. The molecule has 0 heterocycles. The molecule has 22 heavy (non-hydrogen) atoms. The van der Waals surface area contributed by atoms with Gasteiger partial charge in [0.25, 0.3) is 0 Å². The first-order valence-corrected chi connectivity index (χ1v) is 7.24. The molecule has 0 radical (unpaired) electrons. The maximum Gasteiger partial charge on any atom is 0.337 e. The van der Waals surface area contributed by atoms with Gasteiger partial charge in [-0.25, -0.2) is 4.79 Å². The second kappa shape index (κ2) is 7.04. The van der Waals surface area contributed by atoms with Crippen LogP contribution in [0.2, 0.25) is 0 Å². The van der Waals surface area contributed by atoms with Crippen molar-refractivity contribution in [3.63, 3.8) is 0 Å². The van der Waals surface area contributed by atoms with Crippen molar-refractivity contribution in [2.24, 2.45) is 0 Å². The zero-order valence-corrected chi connectivity index (χ0v) is 13.6. The summed E-state index contributed by atoms with van der Waals surface area (Å²) < 4.78 is 4.66. The van der Waals surface area contributed by atoms with Crippen LogP contribution in [0.3, 0.4) is 0 Å². The van der Waals surface area contributed by atoms with Crippen LogP contribution in [0, 0.1) is 13.8 Å². The van der Waals surface area contributed by atoms with Gasteiger partial charge in [-0.2, -0.15) is 0 Å². The Morgan fingerprint density at radius 1 is 0.955 bits per heavy atom. The molecule has 0 atom stereocenters. The van der Waals surface area contributed by atoms with Gasteiger partial charge in [-0.1, -0.05) is 6.07 Å². The molecule has 0 unspecified atom stereocenters. The van der Waals surface area contributed by atoms with E-state index in [2.05, 4.69) is 29.2 Å². The van der Waals surface area contributed by atoms with Gasteiger partial charge in [0.2, 0.25) is 0 Å². The number of aryl methyl sites for hydroxylation is 2. The van der Waals surface area contributed by atoms with Crippen molar-refractivity contribution in [2.45, 2.75) is 13.8 Å². The number of rotatable bonds is 3. The average molecular weight is 314 g/mol. The van der Waals surface area contributed by atoms with Crippen molar-refractivity contribution in [3.8, 4) is 0 Å². The Kier molecular flexibility index (Phi) is 5.12. The minimum absolute atomic E-state index is 0.359. The highest BCUT2D eigenvalue weighted by Crippen LogP contribution is 2.15. The molecule has 114 valence electrons. The van der Waals surface area contributed by atoms with Gasteiger partial charge in [0.1, 0.15) is 0 Å². The number of carbonyl (C=O) groups excluding carboxylic acids is 1. The highest BCUT2D eigenvalue weighted by molar-refractivity contribution is 7.80. The van der Waals surface area contributed by atoms with Crippen molar-refractivity contribution in [2.75, 3.05) is 17.7 Å². The van der Waals surface area contributed by atoms with Crippen LogP contribution in [0.25, 0.3) is 0 Å². The van der Waals surface area contributed by atoms with E-state index in [1.54, 1.807) is 24.3 Å². The van der Waals surface area contributed by atoms with Crippen LogP contribution in [-0.2, 0) is 4.74 Å². The first-order chi connectivity index (χ1) is 10.5. The summed E-state index contributed by atoms with van der Waals surface area (Å²) in [5.74, 6) is -0.359. The SMILES string of the molecule is COC(=O)c1ccc(NC(=S)Nc2ccc(C)c(C)c2)cc1. The zero-order chi connectivity index (χ0) is 16.1. The summed E-state index contributed by atoms with van der Waals surface area (Å²) in [7, 11) is 1.36. The highest BCUT2D eigenvalue weighted by Gasteiger charge is 2.05. The van der Waals surface area contributed by atoms with Crippen LogP contribution >= 0.6 is 12.2 Å². The number of methoxy groups -OCH3 is 1. The minimum atomic E-state index is -0.359. The summed E-state index contributed by atoms with van der Waals surface area (Å²) >= 11 is 5.29. The molecule has 0 amide bonds. The molecule has 0 spiro atoms. The van der Waals surface area contributed by atoms with E-state index >= 15 is 0 Å². The van der Waals surface area contributed by atoms with E-state index in [0.717, 1.165) is 11.4 Å². The van der Waals surface area contributed by atoms with Gasteiger partial charge in [0.15, 0.2) is 5.11 Å². The quantitative estimate of drug-likeness (QED) is 0.665. The van der Waals surface area contributed by atoms with Crippen LogP contribution in [0.5, 0.6) is 0 Å². The maximum atomic E-state index is 11.4. The standard InChI is InChI=1S/C17H18N2O2S/c1-11-4-7-15(10-12(11)2)19-17(22)18-14-8-5-13(6-9-14)16(20)21-3/h4-10H,1-3H3,(H2,18,19,22). The third kappa shape index (κ3) is 4.05. The van der Waals surface area contributed by atoms with E-state index in [1.165, 1.54) is 18.2 Å². The summed E-state index contributed by atoms with van der Waals surface area (Å²) in [6, 6.07) is 13.0. The summed E-state index contributed by atoms with van der Waals surface area (Å²) in [4.78, 5) is 11.4. The van der Waals surface area contributed by atoms with Gasteiger partial charge in [-0.15, -0.1) is 0 Å². The predicted octanol–water partition coefficient (Wildman–Crippen LogP) is 3.90. The van der Waals surface area contributed by atoms with E-state index in [4.69, 9.17) is 12.2 Å². The molecular weight excluding hydrogens is 296 g/mol. The largest absolute Gasteiger partial charge is 0.465 e. The molecule has 0 aliphatic heterocycles. The van der Waals surface area contributed by atoms with Crippen molar-refractivity contribution >= 4 is 34.7 Å². The number of thiocarbonyl (C=S) groups is 1. The lowest BCUT2D eigenvalue weighted by Crippen LogP contribution is -2.19. The lowest BCUT2D eigenvalue weighted by atomic mass is 10.1. The number of hydrogen-bond acceptors (Lipinski definition) is 3. The van der Waals surface area contributed by atoms with E-state index < -0.39 is 0 Å². The molecule has 2 aromatic carbocycles. The number of ether oxygens (including phenoxy) is 1. The van der Waals surface area contributed by atoms with E-state index in [9.17, 15) is 4.79 Å². The molecule has 0 aliphatic carbocycles. The molecular formula is C17H18N2O2S. The fourth-order valence-corrected chi connectivity index (χ4v) is 2.16. The van der Waals surface area contributed by atoms with Gasteiger partial charge in [-0.05, 0) is 73.6 Å².